The largest absolute Gasteiger partial charge is 0.475 e. The van der Waals surface area contributed by atoms with Crippen molar-refractivity contribution in [3.8, 4) is 0 Å². The highest BCUT2D eigenvalue weighted by Gasteiger charge is 2.14. The van der Waals surface area contributed by atoms with Gasteiger partial charge < -0.3 is 20.3 Å². The molecule has 0 radical (unpaired) electrons. The minimum absolute atomic E-state index is 0.136. The standard InChI is InChI=1S/C20H20N4O3/c1-13-5-3-4-6-16(13)21-11-14-7-9-15(10-8-14)19(25)23-17-12-24(2)18(22-17)20(26)27/h3-10,12,21H,11H2,1-2H3,(H,23,25)(H,26,27). The predicted molar refractivity (Wildman–Crippen MR) is 103 cm³/mol. The lowest BCUT2D eigenvalue weighted by Gasteiger charge is -2.10. The van der Waals surface area contributed by atoms with Gasteiger partial charge in [-0.1, -0.05) is 30.3 Å². The van der Waals surface area contributed by atoms with Crippen LogP contribution in [0.5, 0.6) is 0 Å². The molecule has 0 aliphatic heterocycles. The zero-order valence-electron chi connectivity index (χ0n) is 15.1. The van der Waals surface area contributed by atoms with E-state index in [9.17, 15) is 9.59 Å². The minimum Gasteiger partial charge on any atom is -0.475 e. The maximum atomic E-state index is 12.3. The molecule has 138 valence electrons. The zero-order chi connectivity index (χ0) is 19.4. The summed E-state index contributed by atoms with van der Waals surface area (Å²) in [6, 6.07) is 15.3. The number of nitrogens with zero attached hydrogens (tertiary/aromatic N) is 2. The Morgan fingerprint density at radius 2 is 1.81 bits per heavy atom. The van der Waals surface area contributed by atoms with E-state index in [1.54, 1.807) is 19.2 Å². The number of benzene rings is 2. The highest BCUT2D eigenvalue weighted by atomic mass is 16.4. The van der Waals surface area contributed by atoms with Crippen molar-refractivity contribution in [3.05, 3.63) is 77.2 Å². The number of aryl methyl sites for hydroxylation is 2. The van der Waals surface area contributed by atoms with Gasteiger partial charge in [0.1, 0.15) is 0 Å². The van der Waals surface area contributed by atoms with Gasteiger partial charge in [0, 0.05) is 31.0 Å². The first-order valence-electron chi connectivity index (χ1n) is 8.40. The average Bonchev–Trinajstić information content (AvgIpc) is 3.02. The van der Waals surface area contributed by atoms with Crippen molar-refractivity contribution in [2.75, 3.05) is 10.6 Å². The Bertz CT molecular complexity index is 977. The van der Waals surface area contributed by atoms with Crippen molar-refractivity contribution < 1.29 is 14.7 Å². The van der Waals surface area contributed by atoms with Crippen LogP contribution in [0.2, 0.25) is 0 Å². The predicted octanol–water partition coefficient (Wildman–Crippen LogP) is 3.29. The zero-order valence-corrected chi connectivity index (χ0v) is 15.1. The normalized spacial score (nSPS) is 10.4. The van der Waals surface area contributed by atoms with Crippen LogP contribution in [0.15, 0.2) is 54.7 Å². The van der Waals surface area contributed by atoms with Crippen LogP contribution in [0.1, 0.15) is 32.1 Å². The number of carboxylic acids is 1. The van der Waals surface area contributed by atoms with Crippen LogP contribution in [-0.2, 0) is 13.6 Å². The Labute approximate surface area is 156 Å². The first-order chi connectivity index (χ1) is 12.9. The number of anilines is 2. The Morgan fingerprint density at radius 3 is 2.44 bits per heavy atom. The Hall–Kier alpha value is -3.61. The van der Waals surface area contributed by atoms with Gasteiger partial charge in [-0.2, -0.15) is 0 Å². The third-order valence-electron chi connectivity index (χ3n) is 4.15. The first-order valence-corrected chi connectivity index (χ1v) is 8.40. The van der Waals surface area contributed by atoms with Gasteiger partial charge in [-0.05, 0) is 36.2 Å². The number of hydrogen-bond donors (Lipinski definition) is 3. The lowest BCUT2D eigenvalue weighted by molar-refractivity contribution is 0.0679. The number of carbonyl (C=O) groups excluding carboxylic acids is 1. The van der Waals surface area contributed by atoms with Gasteiger partial charge in [-0.15, -0.1) is 0 Å². The molecule has 0 spiro atoms. The Balaban J connectivity index is 1.62. The number of para-hydroxylation sites is 1. The molecule has 3 aromatic rings. The van der Waals surface area contributed by atoms with Crippen molar-refractivity contribution in [1.82, 2.24) is 9.55 Å². The van der Waals surface area contributed by atoms with E-state index in [1.165, 1.54) is 16.3 Å². The second kappa shape index (κ2) is 7.74. The number of carbonyl (C=O) groups is 2. The summed E-state index contributed by atoms with van der Waals surface area (Å²) >= 11 is 0. The van der Waals surface area contributed by atoms with Crippen molar-refractivity contribution in [2.45, 2.75) is 13.5 Å². The molecule has 0 aliphatic rings. The molecule has 7 nitrogen and oxygen atoms in total. The molecule has 1 aromatic heterocycles. The van der Waals surface area contributed by atoms with Crippen LogP contribution in [0.25, 0.3) is 0 Å². The fourth-order valence-corrected chi connectivity index (χ4v) is 2.66. The van der Waals surface area contributed by atoms with E-state index in [0.717, 1.165) is 11.3 Å². The highest BCUT2D eigenvalue weighted by molar-refractivity contribution is 6.04. The third kappa shape index (κ3) is 4.33. The molecule has 2 aromatic carbocycles. The molecule has 0 atom stereocenters. The summed E-state index contributed by atoms with van der Waals surface area (Å²) in [6.45, 7) is 2.69. The van der Waals surface area contributed by atoms with Gasteiger partial charge in [0.25, 0.3) is 5.91 Å². The molecule has 27 heavy (non-hydrogen) atoms. The summed E-state index contributed by atoms with van der Waals surface area (Å²) in [5, 5.41) is 15.0. The van der Waals surface area contributed by atoms with Gasteiger partial charge in [-0.25, -0.2) is 9.78 Å². The highest BCUT2D eigenvalue weighted by Crippen LogP contribution is 2.15. The van der Waals surface area contributed by atoms with E-state index in [2.05, 4.69) is 15.6 Å². The number of aromatic carboxylic acids is 1. The number of imidazole rings is 1. The molecule has 0 bridgehead atoms. The number of amides is 1. The number of nitrogens with one attached hydrogen (secondary N) is 2. The molecule has 0 unspecified atom stereocenters. The molecule has 0 saturated heterocycles. The van der Waals surface area contributed by atoms with Gasteiger partial charge in [0.15, 0.2) is 5.82 Å². The molecular formula is C20H20N4O3. The maximum Gasteiger partial charge on any atom is 0.372 e. The van der Waals surface area contributed by atoms with Crippen molar-refractivity contribution >= 4 is 23.4 Å². The summed E-state index contributed by atoms with van der Waals surface area (Å²) in [5.41, 5.74) is 3.76. The first kappa shape index (κ1) is 18.2. The monoisotopic (exact) mass is 364 g/mol. The van der Waals surface area contributed by atoms with E-state index < -0.39 is 5.97 Å². The SMILES string of the molecule is Cc1ccccc1NCc1ccc(C(=O)Nc2cn(C)c(C(=O)O)n2)cc1. The number of hydrogen-bond acceptors (Lipinski definition) is 4. The molecule has 3 rings (SSSR count). The Morgan fingerprint density at radius 1 is 1.11 bits per heavy atom. The van der Waals surface area contributed by atoms with Crippen LogP contribution < -0.4 is 10.6 Å². The summed E-state index contributed by atoms with van der Waals surface area (Å²) in [7, 11) is 1.56. The third-order valence-corrected chi connectivity index (χ3v) is 4.15. The minimum atomic E-state index is -1.15. The fourth-order valence-electron chi connectivity index (χ4n) is 2.66. The van der Waals surface area contributed by atoms with E-state index in [1.807, 2.05) is 43.3 Å². The second-order valence-electron chi connectivity index (χ2n) is 6.19. The summed E-state index contributed by atoms with van der Waals surface area (Å²) in [5.74, 6) is -1.43. The van der Waals surface area contributed by atoms with Gasteiger partial charge in [-0.3, -0.25) is 4.79 Å². The van der Waals surface area contributed by atoms with E-state index in [4.69, 9.17) is 5.11 Å². The molecular weight excluding hydrogens is 344 g/mol. The molecule has 3 N–H and O–H groups in total. The van der Waals surface area contributed by atoms with Gasteiger partial charge in [0.05, 0.1) is 0 Å². The molecule has 0 aliphatic carbocycles. The quantitative estimate of drug-likeness (QED) is 0.624. The smallest absolute Gasteiger partial charge is 0.372 e. The second-order valence-corrected chi connectivity index (χ2v) is 6.19. The maximum absolute atomic E-state index is 12.3. The topological polar surface area (TPSA) is 96.2 Å². The Kier molecular flexibility index (Phi) is 5.21. The van der Waals surface area contributed by atoms with Crippen LogP contribution in [0.4, 0.5) is 11.5 Å². The van der Waals surface area contributed by atoms with Crippen molar-refractivity contribution in [1.29, 1.82) is 0 Å². The molecule has 0 fully saturated rings. The van der Waals surface area contributed by atoms with Crippen LogP contribution >= 0.6 is 0 Å². The van der Waals surface area contributed by atoms with Gasteiger partial charge >= 0.3 is 5.97 Å². The van der Waals surface area contributed by atoms with Crippen LogP contribution in [-0.4, -0.2) is 26.5 Å². The molecule has 1 heterocycles. The van der Waals surface area contributed by atoms with Crippen molar-refractivity contribution in [2.24, 2.45) is 7.05 Å². The van der Waals surface area contributed by atoms with E-state index in [-0.39, 0.29) is 17.5 Å². The van der Waals surface area contributed by atoms with Crippen LogP contribution in [0, 0.1) is 6.92 Å². The van der Waals surface area contributed by atoms with Crippen LogP contribution in [0.3, 0.4) is 0 Å². The van der Waals surface area contributed by atoms with Gasteiger partial charge in [0.2, 0.25) is 5.82 Å². The lowest BCUT2D eigenvalue weighted by atomic mass is 10.1. The number of aromatic nitrogens is 2. The lowest BCUT2D eigenvalue weighted by Crippen LogP contribution is -2.12. The molecule has 1 amide bonds. The average molecular weight is 364 g/mol. The number of carboxylic acid groups (broad SMARTS) is 1. The van der Waals surface area contributed by atoms with E-state index >= 15 is 0 Å². The number of rotatable bonds is 6. The fraction of sp³-hybridized carbons (Fsp3) is 0.150. The molecule has 7 heteroatoms. The summed E-state index contributed by atoms with van der Waals surface area (Å²) < 4.78 is 1.35. The van der Waals surface area contributed by atoms with E-state index in [0.29, 0.717) is 12.1 Å². The summed E-state index contributed by atoms with van der Waals surface area (Å²) in [4.78, 5) is 27.2. The summed E-state index contributed by atoms with van der Waals surface area (Å²) in [6.07, 6.45) is 1.46. The van der Waals surface area contributed by atoms with Crippen molar-refractivity contribution in [3.63, 3.8) is 0 Å². The molecule has 0 saturated carbocycles.